The van der Waals surface area contributed by atoms with Gasteiger partial charge in [0, 0.05) is 37.3 Å². The molecule has 4 aromatic rings. The SMILES string of the molecule is CS(=O)(=O)Nc1cnc(N2CCN(C(=O)c3ccc(-c4nc5c(C(N)=O)cccc5[nH]4)cc3)CC2)nc1. The molecule has 1 aliphatic heterocycles. The number of nitrogens with two attached hydrogens (primary N) is 1. The van der Waals surface area contributed by atoms with Gasteiger partial charge in [-0.2, -0.15) is 0 Å². The van der Waals surface area contributed by atoms with E-state index >= 15 is 0 Å². The lowest BCUT2D eigenvalue weighted by Crippen LogP contribution is -2.49. The fraction of sp³-hybridized carbons (Fsp3) is 0.208. The van der Waals surface area contributed by atoms with Crippen LogP contribution in [0.25, 0.3) is 22.4 Å². The fourth-order valence-electron chi connectivity index (χ4n) is 4.18. The lowest BCUT2D eigenvalue weighted by atomic mass is 10.1. The summed E-state index contributed by atoms with van der Waals surface area (Å²) in [6.07, 6.45) is 3.89. The summed E-state index contributed by atoms with van der Waals surface area (Å²) in [5, 5.41) is 0. The second-order valence-corrected chi connectivity index (χ2v) is 10.4. The molecule has 2 aromatic carbocycles. The predicted octanol–water partition coefficient (Wildman–Crippen LogP) is 1.45. The Morgan fingerprint density at radius 1 is 1.00 bits per heavy atom. The summed E-state index contributed by atoms with van der Waals surface area (Å²) in [5.74, 6) is 0.424. The summed E-state index contributed by atoms with van der Waals surface area (Å²) in [4.78, 5) is 44.6. The van der Waals surface area contributed by atoms with Crippen LogP contribution in [-0.4, -0.2) is 77.5 Å². The highest BCUT2D eigenvalue weighted by Crippen LogP contribution is 2.24. The maximum atomic E-state index is 13.1. The van der Waals surface area contributed by atoms with E-state index in [0.717, 1.165) is 11.8 Å². The predicted molar refractivity (Wildman–Crippen MR) is 139 cm³/mol. The molecule has 0 unspecified atom stereocenters. The third-order valence-electron chi connectivity index (χ3n) is 5.97. The molecule has 13 heteroatoms. The molecule has 1 fully saturated rings. The molecule has 190 valence electrons. The zero-order chi connectivity index (χ0) is 26.2. The molecule has 4 N–H and O–H groups in total. The number of amides is 2. The number of nitrogens with one attached hydrogen (secondary N) is 2. The van der Waals surface area contributed by atoms with E-state index in [-0.39, 0.29) is 5.91 Å². The van der Waals surface area contributed by atoms with Crippen molar-refractivity contribution in [2.24, 2.45) is 5.73 Å². The topological polar surface area (TPSA) is 167 Å². The van der Waals surface area contributed by atoms with Crippen LogP contribution in [0.3, 0.4) is 0 Å². The standard InChI is InChI=1S/C24H24N8O4S/c1-37(35,36)30-17-13-26-24(27-14-17)32-11-9-31(10-12-32)23(34)16-7-5-15(6-8-16)22-28-19-4-2-3-18(21(25)33)20(19)29-22/h2-8,13-14,30H,9-12H2,1H3,(H2,25,33)(H,28,29). The van der Waals surface area contributed by atoms with E-state index in [1.807, 2.05) is 23.1 Å². The molecule has 12 nitrogen and oxygen atoms in total. The molecular formula is C24H24N8O4S. The fourth-order valence-corrected chi connectivity index (χ4v) is 4.72. The molecule has 0 radical (unpaired) electrons. The molecule has 2 aromatic heterocycles. The average molecular weight is 521 g/mol. The van der Waals surface area contributed by atoms with E-state index < -0.39 is 15.9 Å². The van der Waals surface area contributed by atoms with Gasteiger partial charge in [0.05, 0.1) is 35.4 Å². The Morgan fingerprint density at radius 2 is 1.68 bits per heavy atom. The van der Waals surface area contributed by atoms with Crippen molar-refractivity contribution in [3.05, 3.63) is 66.0 Å². The van der Waals surface area contributed by atoms with Gasteiger partial charge in [-0.15, -0.1) is 0 Å². The molecule has 1 aliphatic rings. The third-order valence-corrected chi connectivity index (χ3v) is 6.58. The number of anilines is 2. The molecule has 3 heterocycles. The number of para-hydroxylation sites is 1. The van der Waals surface area contributed by atoms with Crippen molar-refractivity contribution < 1.29 is 18.0 Å². The Labute approximate surface area is 212 Å². The number of aromatic amines is 1. The van der Waals surface area contributed by atoms with E-state index in [0.29, 0.717) is 65.8 Å². The molecule has 5 rings (SSSR count). The van der Waals surface area contributed by atoms with Crippen LogP contribution in [0.2, 0.25) is 0 Å². The number of piperazine rings is 1. The number of primary amides is 1. The number of carbonyl (C=O) groups is 2. The number of hydrogen-bond donors (Lipinski definition) is 3. The maximum absolute atomic E-state index is 13.1. The Kier molecular flexibility index (Phi) is 6.21. The summed E-state index contributed by atoms with van der Waals surface area (Å²) in [6.45, 7) is 2.08. The van der Waals surface area contributed by atoms with Crippen LogP contribution >= 0.6 is 0 Å². The second kappa shape index (κ2) is 9.50. The van der Waals surface area contributed by atoms with Crippen LogP contribution in [0.5, 0.6) is 0 Å². The van der Waals surface area contributed by atoms with Crippen molar-refractivity contribution in [1.82, 2.24) is 24.8 Å². The molecule has 37 heavy (non-hydrogen) atoms. The van der Waals surface area contributed by atoms with Gasteiger partial charge in [0.25, 0.3) is 11.8 Å². The summed E-state index contributed by atoms with van der Waals surface area (Å²) < 4.78 is 25.0. The number of benzene rings is 2. The number of sulfonamides is 1. The Bertz CT molecular complexity index is 1580. The van der Waals surface area contributed by atoms with Crippen LogP contribution in [-0.2, 0) is 10.0 Å². The quantitative estimate of drug-likeness (QED) is 0.343. The second-order valence-electron chi connectivity index (χ2n) is 8.65. The Hall–Kier alpha value is -4.52. The lowest BCUT2D eigenvalue weighted by molar-refractivity contribution is 0.0746. The molecule has 1 saturated heterocycles. The number of carbonyl (C=O) groups excluding carboxylic acids is 2. The normalized spacial score (nSPS) is 14.1. The number of imidazole rings is 1. The van der Waals surface area contributed by atoms with Gasteiger partial charge in [0.15, 0.2) is 0 Å². The van der Waals surface area contributed by atoms with Crippen LogP contribution in [0.4, 0.5) is 11.6 Å². The monoisotopic (exact) mass is 520 g/mol. The highest BCUT2D eigenvalue weighted by Gasteiger charge is 2.24. The van der Waals surface area contributed by atoms with Gasteiger partial charge in [0.1, 0.15) is 11.3 Å². The van der Waals surface area contributed by atoms with Crippen molar-refractivity contribution in [3.8, 4) is 11.4 Å². The molecule has 2 amide bonds. The van der Waals surface area contributed by atoms with Crippen LogP contribution in [0, 0.1) is 0 Å². The summed E-state index contributed by atoms with van der Waals surface area (Å²) in [6, 6.07) is 12.3. The summed E-state index contributed by atoms with van der Waals surface area (Å²) >= 11 is 0. The highest BCUT2D eigenvalue weighted by atomic mass is 32.2. The van der Waals surface area contributed by atoms with Crippen molar-refractivity contribution >= 4 is 44.5 Å². The van der Waals surface area contributed by atoms with Crippen LogP contribution in [0.15, 0.2) is 54.9 Å². The highest BCUT2D eigenvalue weighted by molar-refractivity contribution is 7.92. The average Bonchev–Trinajstić information content (AvgIpc) is 3.32. The van der Waals surface area contributed by atoms with Crippen LogP contribution in [0.1, 0.15) is 20.7 Å². The zero-order valence-electron chi connectivity index (χ0n) is 19.9. The first-order chi connectivity index (χ1) is 17.7. The van der Waals surface area contributed by atoms with E-state index in [1.54, 1.807) is 29.2 Å². The molecule has 0 bridgehead atoms. The van der Waals surface area contributed by atoms with Crippen molar-refractivity contribution in [3.63, 3.8) is 0 Å². The first-order valence-electron chi connectivity index (χ1n) is 11.4. The van der Waals surface area contributed by atoms with Crippen molar-refractivity contribution in [2.45, 2.75) is 0 Å². The van der Waals surface area contributed by atoms with Crippen molar-refractivity contribution in [2.75, 3.05) is 42.1 Å². The maximum Gasteiger partial charge on any atom is 0.253 e. The summed E-state index contributed by atoms with van der Waals surface area (Å²) in [5.41, 5.74) is 8.63. The first-order valence-corrected chi connectivity index (χ1v) is 13.3. The van der Waals surface area contributed by atoms with Crippen molar-refractivity contribution in [1.29, 1.82) is 0 Å². The number of hydrogen-bond acceptors (Lipinski definition) is 8. The first kappa shape index (κ1) is 24.2. The van der Waals surface area contributed by atoms with Gasteiger partial charge in [-0.05, 0) is 24.3 Å². The van der Waals surface area contributed by atoms with E-state index in [9.17, 15) is 18.0 Å². The number of H-pyrrole nitrogens is 1. The molecule has 0 saturated carbocycles. The minimum absolute atomic E-state index is 0.0829. The van der Waals surface area contributed by atoms with Gasteiger partial charge in [-0.25, -0.2) is 23.4 Å². The minimum Gasteiger partial charge on any atom is -0.366 e. The molecule has 0 aliphatic carbocycles. The number of fused-ring (bicyclic) bond motifs is 1. The molecule has 0 spiro atoms. The summed E-state index contributed by atoms with van der Waals surface area (Å²) in [7, 11) is -3.40. The number of rotatable bonds is 6. The van der Waals surface area contributed by atoms with Crippen LogP contribution < -0.4 is 15.4 Å². The van der Waals surface area contributed by atoms with Gasteiger partial charge < -0.3 is 20.5 Å². The van der Waals surface area contributed by atoms with Gasteiger partial charge >= 0.3 is 0 Å². The van der Waals surface area contributed by atoms with Gasteiger partial charge in [-0.3, -0.25) is 14.3 Å². The van der Waals surface area contributed by atoms with E-state index in [4.69, 9.17) is 5.73 Å². The Balaban J connectivity index is 1.23. The molecule has 0 atom stereocenters. The van der Waals surface area contributed by atoms with E-state index in [2.05, 4.69) is 24.7 Å². The van der Waals surface area contributed by atoms with Gasteiger partial charge in [0.2, 0.25) is 16.0 Å². The lowest BCUT2D eigenvalue weighted by Gasteiger charge is -2.34. The Morgan fingerprint density at radius 3 is 2.30 bits per heavy atom. The number of aromatic nitrogens is 4. The third kappa shape index (κ3) is 5.21. The smallest absolute Gasteiger partial charge is 0.253 e. The van der Waals surface area contributed by atoms with E-state index in [1.165, 1.54) is 12.4 Å². The minimum atomic E-state index is -3.40. The number of nitrogens with zero attached hydrogens (tertiary/aromatic N) is 5. The molecular weight excluding hydrogens is 496 g/mol. The van der Waals surface area contributed by atoms with Gasteiger partial charge in [-0.1, -0.05) is 18.2 Å². The largest absolute Gasteiger partial charge is 0.366 e. The zero-order valence-corrected chi connectivity index (χ0v) is 20.7.